The van der Waals surface area contributed by atoms with Crippen LogP contribution in [-0.2, 0) is 19.0 Å². The standard InChI is InChI=1S/C12H13F3N2S/c1-2-3-8-4-10(18-7-8)5-9-6-16-17-11(9)12(13,14)15/h4,6-7H,2-3,5H2,1H3,(H,16,17). The SMILES string of the molecule is CCCc1csc(Cc2cn[nH]c2C(F)(F)F)c1. The number of aromatic nitrogens is 2. The molecule has 0 radical (unpaired) electrons. The van der Waals surface area contributed by atoms with Crippen LogP contribution in [0.3, 0.4) is 0 Å². The quantitative estimate of drug-likeness (QED) is 0.895. The third kappa shape index (κ3) is 2.93. The van der Waals surface area contributed by atoms with Gasteiger partial charge in [0.15, 0.2) is 0 Å². The normalized spacial score (nSPS) is 12.0. The van der Waals surface area contributed by atoms with Crippen LogP contribution in [0.2, 0.25) is 0 Å². The largest absolute Gasteiger partial charge is 0.433 e. The van der Waals surface area contributed by atoms with E-state index in [0.717, 1.165) is 17.7 Å². The van der Waals surface area contributed by atoms with E-state index in [-0.39, 0.29) is 12.0 Å². The van der Waals surface area contributed by atoms with Crippen molar-refractivity contribution in [1.82, 2.24) is 10.2 Å². The average molecular weight is 274 g/mol. The number of nitrogens with one attached hydrogen (secondary N) is 1. The summed E-state index contributed by atoms with van der Waals surface area (Å²) in [5.41, 5.74) is 0.648. The van der Waals surface area contributed by atoms with E-state index in [1.54, 1.807) is 0 Å². The van der Waals surface area contributed by atoms with E-state index in [4.69, 9.17) is 0 Å². The first-order valence-electron chi connectivity index (χ1n) is 5.66. The molecule has 0 aromatic carbocycles. The van der Waals surface area contributed by atoms with Gasteiger partial charge in [-0.3, -0.25) is 5.10 Å². The van der Waals surface area contributed by atoms with Gasteiger partial charge < -0.3 is 0 Å². The van der Waals surface area contributed by atoms with Crippen LogP contribution >= 0.6 is 11.3 Å². The van der Waals surface area contributed by atoms with Crippen LogP contribution in [0.5, 0.6) is 0 Å². The van der Waals surface area contributed by atoms with Crippen LogP contribution in [0.25, 0.3) is 0 Å². The molecule has 6 heteroatoms. The summed E-state index contributed by atoms with van der Waals surface area (Å²) in [7, 11) is 0. The van der Waals surface area contributed by atoms with Gasteiger partial charge in [0.25, 0.3) is 0 Å². The molecule has 0 atom stereocenters. The van der Waals surface area contributed by atoms with Crippen molar-refractivity contribution in [2.75, 3.05) is 0 Å². The fourth-order valence-electron chi connectivity index (χ4n) is 1.82. The Morgan fingerprint density at radius 2 is 2.17 bits per heavy atom. The molecule has 2 aromatic rings. The van der Waals surface area contributed by atoms with Crippen molar-refractivity contribution in [2.24, 2.45) is 0 Å². The Kier molecular flexibility index (Phi) is 3.75. The second kappa shape index (κ2) is 5.14. The van der Waals surface area contributed by atoms with Crippen LogP contribution in [0, 0.1) is 0 Å². The predicted molar refractivity (Wildman–Crippen MR) is 64.7 cm³/mol. The lowest BCUT2D eigenvalue weighted by atomic mass is 10.1. The number of thiophene rings is 1. The average Bonchev–Trinajstić information content (AvgIpc) is 2.88. The number of halogens is 3. The van der Waals surface area contributed by atoms with Crippen molar-refractivity contribution in [3.8, 4) is 0 Å². The number of hydrogen-bond donors (Lipinski definition) is 1. The summed E-state index contributed by atoms with van der Waals surface area (Å²) in [6.07, 6.45) is -0.833. The van der Waals surface area contributed by atoms with E-state index < -0.39 is 11.9 Å². The molecule has 0 aliphatic carbocycles. The van der Waals surface area contributed by atoms with E-state index in [1.807, 2.05) is 16.5 Å². The molecule has 1 N–H and O–H groups in total. The van der Waals surface area contributed by atoms with Gasteiger partial charge in [-0.1, -0.05) is 13.3 Å². The van der Waals surface area contributed by atoms with Gasteiger partial charge in [-0.15, -0.1) is 11.3 Å². The van der Waals surface area contributed by atoms with E-state index in [9.17, 15) is 13.2 Å². The lowest BCUT2D eigenvalue weighted by Crippen LogP contribution is -2.08. The third-order valence-electron chi connectivity index (χ3n) is 2.61. The van der Waals surface area contributed by atoms with Gasteiger partial charge in [-0.2, -0.15) is 18.3 Å². The van der Waals surface area contributed by atoms with E-state index >= 15 is 0 Å². The first-order valence-corrected chi connectivity index (χ1v) is 6.54. The summed E-state index contributed by atoms with van der Waals surface area (Å²) in [5, 5.41) is 7.52. The van der Waals surface area contributed by atoms with E-state index in [2.05, 4.69) is 12.0 Å². The molecule has 2 heterocycles. The monoisotopic (exact) mass is 274 g/mol. The van der Waals surface area contributed by atoms with Crippen LogP contribution < -0.4 is 0 Å². The molecule has 2 rings (SSSR count). The van der Waals surface area contributed by atoms with Crippen molar-refractivity contribution in [1.29, 1.82) is 0 Å². The Bertz CT molecular complexity index is 513. The molecule has 0 unspecified atom stereocenters. The van der Waals surface area contributed by atoms with Crippen LogP contribution in [0.15, 0.2) is 17.6 Å². The van der Waals surface area contributed by atoms with Crippen molar-refractivity contribution >= 4 is 11.3 Å². The van der Waals surface area contributed by atoms with Crippen LogP contribution in [0.4, 0.5) is 13.2 Å². The molecule has 0 spiro atoms. The molecule has 98 valence electrons. The number of aromatic amines is 1. The second-order valence-electron chi connectivity index (χ2n) is 4.12. The Morgan fingerprint density at radius 1 is 1.39 bits per heavy atom. The minimum atomic E-state index is -4.37. The van der Waals surface area contributed by atoms with Crippen molar-refractivity contribution in [3.05, 3.63) is 39.3 Å². The molecule has 0 amide bonds. The molecule has 2 nitrogen and oxygen atoms in total. The zero-order valence-electron chi connectivity index (χ0n) is 9.84. The second-order valence-corrected chi connectivity index (χ2v) is 5.11. The number of alkyl halides is 3. The zero-order chi connectivity index (χ0) is 13.2. The number of aryl methyl sites for hydroxylation is 1. The highest BCUT2D eigenvalue weighted by molar-refractivity contribution is 7.10. The van der Waals surface area contributed by atoms with Crippen molar-refractivity contribution in [3.63, 3.8) is 0 Å². The van der Waals surface area contributed by atoms with Crippen LogP contribution in [0.1, 0.15) is 35.0 Å². The van der Waals surface area contributed by atoms with Crippen LogP contribution in [-0.4, -0.2) is 10.2 Å². The summed E-state index contributed by atoms with van der Waals surface area (Å²) in [4.78, 5) is 0.936. The summed E-state index contributed by atoms with van der Waals surface area (Å²) in [5.74, 6) is 0. The smallest absolute Gasteiger partial charge is 0.273 e. The molecule has 0 aliphatic heterocycles. The minimum Gasteiger partial charge on any atom is -0.273 e. The summed E-state index contributed by atoms with van der Waals surface area (Å²) in [6, 6.07) is 1.97. The first kappa shape index (κ1) is 13.1. The Balaban J connectivity index is 2.16. The fraction of sp³-hybridized carbons (Fsp3) is 0.417. The molecular weight excluding hydrogens is 261 g/mol. The Morgan fingerprint density at radius 3 is 2.83 bits per heavy atom. The summed E-state index contributed by atoms with van der Waals surface area (Å²) >= 11 is 1.50. The summed E-state index contributed by atoms with van der Waals surface area (Å²) in [6.45, 7) is 2.08. The molecule has 0 saturated carbocycles. The predicted octanol–water partition coefficient (Wildman–Crippen LogP) is 4.03. The minimum absolute atomic E-state index is 0.201. The maximum absolute atomic E-state index is 12.6. The van der Waals surface area contributed by atoms with Gasteiger partial charge in [0.05, 0.1) is 6.20 Å². The number of hydrogen-bond acceptors (Lipinski definition) is 2. The highest BCUT2D eigenvalue weighted by Gasteiger charge is 2.35. The molecule has 0 bridgehead atoms. The highest BCUT2D eigenvalue weighted by Crippen LogP contribution is 2.31. The van der Waals surface area contributed by atoms with Crippen molar-refractivity contribution in [2.45, 2.75) is 32.4 Å². The van der Waals surface area contributed by atoms with E-state index in [0.29, 0.717) is 0 Å². The fourth-order valence-corrected chi connectivity index (χ4v) is 2.76. The maximum atomic E-state index is 12.6. The van der Waals surface area contributed by atoms with Gasteiger partial charge in [-0.05, 0) is 23.4 Å². The summed E-state index contributed by atoms with van der Waals surface area (Å²) < 4.78 is 37.9. The molecule has 0 fully saturated rings. The van der Waals surface area contributed by atoms with Gasteiger partial charge >= 0.3 is 6.18 Å². The number of nitrogens with zero attached hydrogens (tertiary/aromatic N) is 1. The number of H-pyrrole nitrogens is 1. The third-order valence-corrected chi connectivity index (χ3v) is 3.60. The van der Waals surface area contributed by atoms with Gasteiger partial charge in [-0.25, -0.2) is 0 Å². The van der Waals surface area contributed by atoms with Crippen molar-refractivity contribution < 1.29 is 13.2 Å². The lowest BCUT2D eigenvalue weighted by molar-refractivity contribution is -0.141. The van der Waals surface area contributed by atoms with Gasteiger partial charge in [0.1, 0.15) is 5.69 Å². The Hall–Kier alpha value is -1.30. The molecular formula is C12H13F3N2S. The van der Waals surface area contributed by atoms with Gasteiger partial charge in [0, 0.05) is 16.9 Å². The highest BCUT2D eigenvalue weighted by atomic mass is 32.1. The zero-order valence-corrected chi connectivity index (χ0v) is 10.7. The number of rotatable bonds is 4. The lowest BCUT2D eigenvalue weighted by Gasteiger charge is -2.05. The first-order chi connectivity index (χ1) is 8.50. The van der Waals surface area contributed by atoms with E-state index in [1.165, 1.54) is 23.1 Å². The maximum Gasteiger partial charge on any atom is 0.433 e. The van der Waals surface area contributed by atoms with Gasteiger partial charge in [0.2, 0.25) is 0 Å². The molecule has 2 aromatic heterocycles. The Labute approximate surface area is 107 Å². The molecule has 0 aliphatic rings. The molecule has 18 heavy (non-hydrogen) atoms. The molecule has 0 saturated heterocycles. The topological polar surface area (TPSA) is 28.7 Å².